The summed E-state index contributed by atoms with van der Waals surface area (Å²) in [5.74, 6) is -2.08. The van der Waals surface area contributed by atoms with Gasteiger partial charge in [-0.2, -0.15) is 5.10 Å². The van der Waals surface area contributed by atoms with Gasteiger partial charge in [0.05, 0.1) is 22.2 Å². The fraction of sp³-hybridized carbons (Fsp3) is 0.190. The molecule has 1 amide bonds. The van der Waals surface area contributed by atoms with E-state index in [1.165, 1.54) is 29.2 Å². The molecule has 9 nitrogen and oxygen atoms in total. The largest absolute Gasteiger partial charge is 0.481 e. The van der Waals surface area contributed by atoms with Gasteiger partial charge in [0, 0.05) is 30.5 Å². The minimum atomic E-state index is -3.86. The number of amides is 1. The third kappa shape index (κ3) is 4.15. The third-order valence-corrected chi connectivity index (χ3v) is 6.51. The van der Waals surface area contributed by atoms with Gasteiger partial charge in [0.15, 0.2) is 0 Å². The lowest BCUT2D eigenvalue weighted by molar-refractivity contribution is -0.141. The van der Waals surface area contributed by atoms with Crippen LogP contribution < -0.4 is 9.62 Å². The Balaban J connectivity index is 1.53. The van der Waals surface area contributed by atoms with Gasteiger partial charge in [-0.1, -0.05) is 6.07 Å². The zero-order valence-corrected chi connectivity index (χ0v) is 17.4. The predicted molar refractivity (Wildman–Crippen MR) is 114 cm³/mol. The van der Waals surface area contributed by atoms with Gasteiger partial charge >= 0.3 is 5.97 Å². The lowest BCUT2D eigenvalue weighted by Crippen LogP contribution is -2.25. The Hall–Kier alpha value is -3.66. The summed E-state index contributed by atoms with van der Waals surface area (Å²) in [5, 5.41) is 13.3. The van der Waals surface area contributed by atoms with Crippen LogP contribution in [0.3, 0.4) is 0 Å². The highest BCUT2D eigenvalue weighted by Gasteiger charge is 2.35. The van der Waals surface area contributed by atoms with Gasteiger partial charge in [-0.3, -0.25) is 14.3 Å². The van der Waals surface area contributed by atoms with Crippen LogP contribution in [0.4, 0.5) is 11.4 Å². The number of sulfonamides is 1. The molecule has 160 valence electrons. The van der Waals surface area contributed by atoms with E-state index in [-0.39, 0.29) is 23.8 Å². The number of benzene rings is 2. The van der Waals surface area contributed by atoms with Crippen LogP contribution in [-0.2, 0) is 19.6 Å². The summed E-state index contributed by atoms with van der Waals surface area (Å²) in [5.41, 5.74) is 2.48. The minimum Gasteiger partial charge on any atom is -0.481 e. The van der Waals surface area contributed by atoms with E-state index in [2.05, 4.69) is 9.82 Å². The third-order valence-electron chi connectivity index (χ3n) is 5.11. The first-order chi connectivity index (χ1) is 14.7. The van der Waals surface area contributed by atoms with Crippen LogP contribution in [0.1, 0.15) is 12.1 Å². The van der Waals surface area contributed by atoms with Crippen molar-refractivity contribution in [1.29, 1.82) is 0 Å². The van der Waals surface area contributed by atoms with Crippen molar-refractivity contribution in [1.82, 2.24) is 9.78 Å². The van der Waals surface area contributed by atoms with E-state index in [1.54, 1.807) is 29.1 Å². The molecule has 0 spiro atoms. The smallest absolute Gasteiger partial charge is 0.308 e. The number of carboxylic acids is 1. The highest BCUT2D eigenvalue weighted by atomic mass is 32.2. The Kier molecular flexibility index (Phi) is 5.24. The molecule has 31 heavy (non-hydrogen) atoms. The maximum absolute atomic E-state index is 12.8. The summed E-state index contributed by atoms with van der Waals surface area (Å²) in [6, 6.07) is 14.5. The van der Waals surface area contributed by atoms with E-state index in [4.69, 9.17) is 5.11 Å². The van der Waals surface area contributed by atoms with Crippen molar-refractivity contribution in [3.8, 4) is 5.69 Å². The van der Waals surface area contributed by atoms with Crippen LogP contribution in [-0.4, -0.2) is 41.7 Å². The Morgan fingerprint density at radius 1 is 1.13 bits per heavy atom. The molecule has 1 fully saturated rings. The molecule has 2 N–H and O–H groups in total. The summed E-state index contributed by atoms with van der Waals surface area (Å²) >= 11 is 0. The second kappa shape index (κ2) is 7.88. The number of hydrogen-bond acceptors (Lipinski definition) is 5. The van der Waals surface area contributed by atoms with E-state index in [1.807, 2.05) is 19.1 Å². The SMILES string of the molecule is Cc1ccnn1-c1cccc(NS(=O)(=O)c2ccc(N3CC(C(=O)O)CC3=O)cc2)c1. The zero-order valence-electron chi connectivity index (χ0n) is 16.6. The topological polar surface area (TPSA) is 122 Å². The number of carbonyl (C=O) groups is 2. The molecule has 1 unspecified atom stereocenters. The van der Waals surface area contributed by atoms with Crippen LogP contribution in [0.2, 0.25) is 0 Å². The highest BCUT2D eigenvalue weighted by molar-refractivity contribution is 7.92. The van der Waals surface area contributed by atoms with E-state index in [9.17, 15) is 18.0 Å². The van der Waals surface area contributed by atoms with Gasteiger partial charge in [-0.15, -0.1) is 0 Å². The van der Waals surface area contributed by atoms with Gasteiger partial charge in [0.25, 0.3) is 10.0 Å². The second-order valence-electron chi connectivity index (χ2n) is 7.28. The van der Waals surface area contributed by atoms with Crippen molar-refractivity contribution in [3.63, 3.8) is 0 Å². The molecule has 10 heteroatoms. The monoisotopic (exact) mass is 440 g/mol. The average Bonchev–Trinajstić information content (AvgIpc) is 3.33. The summed E-state index contributed by atoms with van der Waals surface area (Å²) < 4.78 is 29.9. The second-order valence-corrected chi connectivity index (χ2v) is 8.96. The van der Waals surface area contributed by atoms with Crippen molar-refractivity contribution in [2.75, 3.05) is 16.2 Å². The Morgan fingerprint density at radius 2 is 1.87 bits per heavy atom. The number of anilines is 2. The molecule has 1 atom stereocenters. The van der Waals surface area contributed by atoms with Crippen molar-refractivity contribution >= 4 is 33.3 Å². The number of nitrogens with zero attached hydrogens (tertiary/aromatic N) is 3. The van der Waals surface area contributed by atoms with Crippen molar-refractivity contribution in [3.05, 3.63) is 66.5 Å². The van der Waals surface area contributed by atoms with Gasteiger partial charge in [0.2, 0.25) is 5.91 Å². The molecule has 4 rings (SSSR count). The number of nitrogens with one attached hydrogen (secondary N) is 1. The van der Waals surface area contributed by atoms with Crippen LogP contribution in [0.25, 0.3) is 5.69 Å². The quantitative estimate of drug-likeness (QED) is 0.607. The molecule has 1 aliphatic rings. The van der Waals surface area contributed by atoms with E-state index >= 15 is 0 Å². The molecule has 0 aliphatic carbocycles. The van der Waals surface area contributed by atoms with Crippen molar-refractivity contribution < 1.29 is 23.1 Å². The number of rotatable bonds is 6. The number of hydrogen-bond donors (Lipinski definition) is 2. The fourth-order valence-electron chi connectivity index (χ4n) is 3.48. The van der Waals surface area contributed by atoms with Crippen LogP contribution in [0, 0.1) is 12.8 Å². The van der Waals surface area contributed by atoms with Gasteiger partial charge < -0.3 is 10.0 Å². The van der Waals surface area contributed by atoms with E-state index < -0.39 is 21.9 Å². The van der Waals surface area contributed by atoms with Crippen molar-refractivity contribution in [2.24, 2.45) is 5.92 Å². The first-order valence-electron chi connectivity index (χ1n) is 9.52. The molecule has 0 bridgehead atoms. The normalized spacial score (nSPS) is 16.5. The maximum Gasteiger partial charge on any atom is 0.308 e. The molecule has 1 aliphatic heterocycles. The first-order valence-corrected chi connectivity index (χ1v) is 11.0. The molecule has 2 aromatic carbocycles. The Labute approximate surface area is 179 Å². The summed E-state index contributed by atoms with van der Waals surface area (Å²) in [6.45, 7) is 1.97. The minimum absolute atomic E-state index is 0.0263. The standard InChI is InChI=1S/C21H20N4O5S/c1-14-9-10-22-25(14)18-4-2-3-16(12-18)23-31(29,30)19-7-5-17(6-8-19)24-13-15(21(27)28)11-20(24)26/h2-10,12,15,23H,11,13H2,1H3,(H,27,28). The van der Waals surface area contributed by atoms with Gasteiger partial charge in [-0.05, 0) is 55.5 Å². The highest BCUT2D eigenvalue weighted by Crippen LogP contribution is 2.27. The molecule has 0 saturated carbocycles. The fourth-order valence-corrected chi connectivity index (χ4v) is 4.53. The Bertz CT molecular complexity index is 1250. The van der Waals surface area contributed by atoms with Gasteiger partial charge in [-0.25, -0.2) is 13.1 Å². The van der Waals surface area contributed by atoms with Crippen LogP contribution in [0.15, 0.2) is 65.7 Å². The molecule has 0 radical (unpaired) electrons. The van der Waals surface area contributed by atoms with Gasteiger partial charge in [0.1, 0.15) is 0 Å². The average molecular weight is 440 g/mol. The molecule has 1 aromatic heterocycles. The maximum atomic E-state index is 12.8. The predicted octanol–water partition coefficient (Wildman–Crippen LogP) is 2.42. The molecule has 1 saturated heterocycles. The molecule has 2 heterocycles. The lowest BCUT2D eigenvalue weighted by Gasteiger charge is -2.17. The number of carbonyl (C=O) groups excluding carboxylic acids is 1. The van der Waals surface area contributed by atoms with E-state index in [0.717, 1.165) is 11.4 Å². The molecular formula is C21H20N4O5S. The Morgan fingerprint density at radius 3 is 2.48 bits per heavy atom. The zero-order chi connectivity index (χ0) is 22.2. The molecule has 3 aromatic rings. The lowest BCUT2D eigenvalue weighted by atomic mass is 10.1. The van der Waals surface area contributed by atoms with Crippen LogP contribution >= 0.6 is 0 Å². The summed E-state index contributed by atoms with van der Waals surface area (Å²) in [7, 11) is -3.86. The number of aromatic nitrogens is 2. The number of aliphatic carboxylic acids is 1. The number of aryl methyl sites for hydroxylation is 1. The summed E-state index contributed by atoms with van der Waals surface area (Å²) in [6.07, 6.45) is 1.60. The van der Waals surface area contributed by atoms with E-state index in [0.29, 0.717) is 11.4 Å². The summed E-state index contributed by atoms with van der Waals surface area (Å²) in [4.78, 5) is 24.6. The number of carboxylic acid groups (broad SMARTS) is 1. The first kappa shape index (κ1) is 20.6. The molecular weight excluding hydrogens is 420 g/mol. The van der Waals surface area contributed by atoms with Crippen molar-refractivity contribution in [2.45, 2.75) is 18.2 Å². The van der Waals surface area contributed by atoms with Crippen LogP contribution in [0.5, 0.6) is 0 Å².